The predicted molar refractivity (Wildman–Crippen MR) is 167 cm³/mol. The Morgan fingerprint density at radius 2 is 1.07 bits per heavy atom. The van der Waals surface area contributed by atoms with Crippen molar-refractivity contribution in [1.82, 2.24) is 4.90 Å². The van der Waals surface area contributed by atoms with Crippen molar-refractivity contribution in [2.24, 2.45) is 16.5 Å². The van der Waals surface area contributed by atoms with Gasteiger partial charge in [-0.05, 0) is 38.8 Å². The van der Waals surface area contributed by atoms with Crippen molar-refractivity contribution in [2.45, 2.75) is 161 Å². The first-order chi connectivity index (χ1) is 19.2. The Balaban J connectivity index is 4.85. The van der Waals surface area contributed by atoms with E-state index in [-0.39, 0.29) is 5.96 Å². The highest BCUT2D eigenvalue weighted by Crippen LogP contribution is 2.37. The highest BCUT2D eigenvalue weighted by Gasteiger charge is 2.31. The number of hydrogen-bond acceptors (Lipinski definition) is 5. The van der Waals surface area contributed by atoms with Crippen LogP contribution >= 0.6 is 7.82 Å². The fourth-order valence-corrected chi connectivity index (χ4v) is 5.50. The molecule has 0 radical (unpaired) electrons. The van der Waals surface area contributed by atoms with Gasteiger partial charge in [0.25, 0.3) is 0 Å². The van der Waals surface area contributed by atoms with E-state index >= 15 is 0 Å². The molecule has 238 valence electrons. The summed E-state index contributed by atoms with van der Waals surface area (Å²) >= 11 is 0. The molecular formula is C30H63N4O5P. The van der Waals surface area contributed by atoms with Gasteiger partial charge in [-0.2, -0.15) is 0 Å². The molecule has 0 aliphatic carbocycles. The molecule has 0 unspecified atom stereocenters. The van der Waals surface area contributed by atoms with Gasteiger partial charge < -0.3 is 16.0 Å². The number of unbranched alkanes of at least 4 members (excludes halogenated alkanes) is 18. The highest BCUT2D eigenvalue weighted by molar-refractivity contribution is 7.46. The standard InChI is InChI=1S/C30H63N4O5P/c1-3-5-7-9-11-13-15-17-19-21-26-34(27-22-20-18-16-14-12-10-8-6-4-2)28(24-23-25-33-30(31)32)29(35)39-40(36,37)38/h28H,3-27H2,1-2H3,(H4,31,32,33)(H2,36,37,38)/t28-/m0/s1. The van der Waals surface area contributed by atoms with Gasteiger partial charge >= 0.3 is 13.8 Å². The molecule has 0 aliphatic rings. The second-order valence-electron chi connectivity index (χ2n) is 11.3. The minimum absolute atomic E-state index is 0.0121. The van der Waals surface area contributed by atoms with Crippen molar-refractivity contribution < 1.29 is 23.7 Å². The van der Waals surface area contributed by atoms with Crippen molar-refractivity contribution in [3.63, 3.8) is 0 Å². The summed E-state index contributed by atoms with van der Waals surface area (Å²) in [6.45, 7) is 6.24. The van der Waals surface area contributed by atoms with E-state index in [9.17, 15) is 19.1 Å². The highest BCUT2D eigenvalue weighted by atomic mass is 31.2. The lowest BCUT2D eigenvalue weighted by atomic mass is 10.0. The van der Waals surface area contributed by atoms with E-state index < -0.39 is 19.8 Å². The third-order valence-electron chi connectivity index (χ3n) is 7.45. The van der Waals surface area contributed by atoms with E-state index in [1.807, 2.05) is 0 Å². The number of hydrogen-bond donors (Lipinski definition) is 4. The Morgan fingerprint density at radius 1 is 0.700 bits per heavy atom. The summed E-state index contributed by atoms with van der Waals surface area (Å²) in [5, 5.41) is 0. The summed E-state index contributed by atoms with van der Waals surface area (Å²) in [6.07, 6.45) is 25.4. The van der Waals surface area contributed by atoms with Crippen LogP contribution in [0.15, 0.2) is 4.99 Å². The molecular weight excluding hydrogens is 527 g/mol. The Bertz CT molecular complexity index is 646. The molecule has 0 saturated carbocycles. The predicted octanol–water partition coefficient (Wildman–Crippen LogP) is 7.19. The third-order valence-corrected chi connectivity index (χ3v) is 7.87. The lowest BCUT2D eigenvalue weighted by molar-refractivity contribution is -0.142. The van der Waals surface area contributed by atoms with Gasteiger partial charge in [-0.25, -0.2) is 9.36 Å². The number of rotatable bonds is 29. The van der Waals surface area contributed by atoms with Crippen LogP contribution in [-0.2, 0) is 13.9 Å². The van der Waals surface area contributed by atoms with E-state index in [0.29, 0.717) is 32.5 Å². The molecule has 0 aliphatic heterocycles. The summed E-state index contributed by atoms with van der Waals surface area (Å²) in [5.74, 6) is -0.876. The topological polar surface area (TPSA) is 151 Å². The van der Waals surface area contributed by atoms with Gasteiger partial charge in [0.05, 0.1) is 0 Å². The van der Waals surface area contributed by atoms with Gasteiger partial charge in [0.1, 0.15) is 6.04 Å². The Morgan fingerprint density at radius 3 is 1.43 bits per heavy atom. The van der Waals surface area contributed by atoms with Crippen molar-refractivity contribution in [3.05, 3.63) is 0 Å². The number of phosphoric acid groups is 1. The van der Waals surface area contributed by atoms with Gasteiger partial charge in [0.15, 0.2) is 5.96 Å². The zero-order chi connectivity index (χ0) is 29.9. The van der Waals surface area contributed by atoms with Gasteiger partial charge in [-0.1, -0.05) is 129 Å². The first-order valence-corrected chi connectivity index (χ1v) is 17.8. The van der Waals surface area contributed by atoms with Crippen LogP contribution in [0.3, 0.4) is 0 Å². The smallest absolute Gasteiger partial charge is 0.370 e. The summed E-state index contributed by atoms with van der Waals surface area (Å²) < 4.78 is 16.0. The van der Waals surface area contributed by atoms with E-state index in [2.05, 4.69) is 28.3 Å². The first-order valence-electron chi connectivity index (χ1n) is 16.3. The lowest BCUT2D eigenvalue weighted by Crippen LogP contribution is -2.43. The molecule has 0 spiro atoms. The maximum absolute atomic E-state index is 12.9. The number of nitrogens with zero attached hydrogens (tertiary/aromatic N) is 2. The first kappa shape index (κ1) is 38.9. The quantitative estimate of drug-likeness (QED) is 0.0309. The monoisotopic (exact) mass is 590 g/mol. The van der Waals surface area contributed by atoms with E-state index in [0.717, 1.165) is 25.7 Å². The number of guanidine groups is 1. The van der Waals surface area contributed by atoms with Crippen molar-refractivity contribution in [1.29, 1.82) is 0 Å². The molecule has 40 heavy (non-hydrogen) atoms. The Labute approximate surface area is 245 Å². The van der Waals surface area contributed by atoms with Gasteiger partial charge in [0, 0.05) is 6.54 Å². The molecule has 0 saturated heterocycles. The van der Waals surface area contributed by atoms with Crippen LogP contribution in [0.4, 0.5) is 0 Å². The van der Waals surface area contributed by atoms with E-state index in [1.54, 1.807) is 0 Å². The van der Waals surface area contributed by atoms with Gasteiger partial charge in [-0.15, -0.1) is 0 Å². The van der Waals surface area contributed by atoms with Crippen molar-refractivity contribution in [2.75, 3.05) is 19.6 Å². The molecule has 0 aromatic heterocycles. The second-order valence-corrected chi connectivity index (χ2v) is 12.4. The number of carbonyl (C=O) groups is 1. The van der Waals surface area contributed by atoms with E-state index in [1.165, 1.54) is 103 Å². The Hall–Kier alpha value is -1.15. The zero-order valence-corrected chi connectivity index (χ0v) is 26.8. The third kappa shape index (κ3) is 25.8. The molecule has 0 rings (SSSR count). The van der Waals surface area contributed by atoms with Crippen LogP contribution in [0.25, 0.3) is 0 Å². The normalized spacial score (nSPS) is 12.5. The number of aliphatic imine (C=N–C) groups is 1. The minimum Gasteiger partial charge on any atom is -0.370 e. The van der Waals surface area contributed by atoms with Crippen molar-refractivity contribution in [3.8, 4) is 0 Å². The number of carbonyl (C=O) groups excluding carboxylic acids is 1. The van der Waals surface area contributed by atoms with Crippen LogP contribution in [0.2, 0.25) is 0 Å². The van der Waals surface area contributed by atoms with Crippen LogP contribution in [0.1, 0.15) is 155 Å². The van der Waals surface area contributed by atoms with Crippen LogP contribution in [-0.4, -0.2) is 52.3 Å². The van der Waals surface area contributed by atoms with Crippen molar-refractivity contribution >= 4 is 19.8 Å². The molecule has 0 fully saturated rings. The molecule has 10 heteroatoms. The average molecular weight is 591 g/mol. The fourth-order valence-electron chi connectivity index (χ4n) is 5.15. The largest absolute Gasteiger partial charge is 0.527 e. The molecule has 0 bridgehead atoms. The SMILES string of the molecule is CCCCCCCCCCCCN(CCCCCCCCCCCC)[C@@H](CCCN=C(N)N)C(=O)OP(=O)(O)O. The lowest BCUT2D eigenvalue weighted by Gasteiger charge is -2.30. The minimum atomic E-state index is -4.92. The van der Waals surface area contributed by atoms with E-state index in [4.69, 9.17) is 11.5 Å². The van der Waals surface area contributed by atoms with Crippen LogP contribution < -0.4 is 11.5 Å². The molecule has 0 aromatic rings. The average Bonchev–Trinajstić information content (AvgIpc) is 2.88. The maximum Gasteiger partial charge on any atom is 0.527 e. The Kier molecular flexibility index (Phi) is 26.0. The van der Waals surface area contributed by atoms with Crippen LogP contribution in [0.5, 0.6) is 0 Å². The second kappa shape index (κ2) is 26.7. The molecule has 6 N–H and O–H groups in total. The van der Waals surface area contributed by atoms with Crippen LogP contribution in [0, 0.1) is 0 Å². The molecule has 1 atom stereocenters. The molecule has 9 nitrogen and oxygen atoms in total. The summed E-state index contributed by atoms with van der Waals surface area (Å²) in [6, 6.07) is -0.723. The molecule has 0 heterocycles. The number of phosphoric ester groups is 1. The summed E-state index contributed by atoms with van der Waals surface area (Å²) in [4.78, 5) is 37.5. The van der Waals surface area contributed by atoms with Gasteiger partial charge in [0.2, 0.25) is 0 Å². The van der Waals surface area contributed by atoms with Gasteiger partial charge in [-0.3, -0.25) is 19.7 Å². The maximum atomic E-state index is 12.9. The molecule has 0 aromatic carbocycles. The fraction of sp³-hybridized carbons (Fsp3) is 0.933. The number of nitrogens with two attached hydrogens (primary N) is 2. The molecule has 0 amide bonds. The summed E-state index contributed by atoms with van der Waals surface area (Å²) in [7, 11) is -4.92. The zero-order valence-electron chi connectivity index (χ0n) is 25.9. The summed E-state index contributed by atoms with van der Waals surface area (Å²) in [5.41, 5.74) is 10.9.